The predicted molar refractivity (Wildman–Crippen MR) is 107 cm³/mol. The van der Waals surface area contributed by atoms with Crippen LogP contribution < -0.4 is 10.0 Å². The number of alkyl carbamates (subject to hydrolysis) is 1. The first-order valence-corrected chi connectivity index (χ1v) is 10.7. The smallest absolute Gasteiger partial charge is 0.407 e. The topological polar surface area (TPSA) is 111 Å². The molecule has 0 aliphatic rings. The van der Waals surface area contributed by atoms with Gasteiger partial charge in [-0.25, -0.2) is 17.9 Å². The van der Waals surface area contributed by atoms with Gasteiger partial charge in [-0.15, -0.1) is 0 Å². The Morgan fingerprint density at radius 3 is 2.21 bits per heavy atom. The molecule has 2 aromatic rings. The molecular weight excluding hydrogens is 396 g/mol. The first kappa shape index (κ1) is 22.4. The van der Waals surface area contributed by atoms with E-state index in [4.69, 9.17) is 9.47 Å². The highest BCUT2D eigenvalue weighted by atomic mass is 32.2. The molecular formula is C20H24N2O6S. The van der Waals surface area contributed by atoms with Crippen molar-refractivity contribution in [3.8, 4) is 0 Å². The highest BCUT2D eigenvalue weighted by Crippen LogP contribution is 2.15. The lowest BCUT2D eigenvalue weighted by Crippen LogP contribution is -2.39. The second-order valence-corrected chi connectivity index (χ2v) is 7.93. The third kappa shape index (κ3) is 8.32. The summed E-state index contributed by atoms with van der Waals surface area (Å²) >= 11 is 0. The van der Waals surface area contributed by atoms with E-state index in [1.165, 1.54) is 0 Å². The average molecular weight is 420 g/mol. The van der Waals surface area contributed by atoms with E-state index in [1.54, 1.807) is 37.3 Å². The van der Waals surface area contributed by atoms with Crippen molar-refractivity contribution in [2.24, 2.45) is 0 Å². The minimum Gasteiger partial charge on any atom is -0.465 e. The Bertz CT molecular complexity index is 888. The number of nitrogens with one attached hydrogen (secondary N) is 2. The van der Waals surface area contributed by atoms with E-state index >= 15 is 0 Å². The van der Waals surface area contributed by atoms with Gasteiger partial charge >= 0.3 is 12.1 Å². The zero-order valence-electron chi connectivity index (χ0n) is 16.0. The normalized spacial score (nSPS) is 12.0. The molecule has 0 heterocycles. The third-order valence-corrected chi connectivity index (χ3v) is 5.19. The second-order valence-electron chi connectivity index (χ2n) is 6.08. The molecule has 0 aliphatic heterocycles. The number of carbonyl (C=O) groups excluding carboxylic acids is 2. The van der Waals surface area contributed by atoms with Gasteiger partial charge in [-0.2, -0.15) is 0 Å². The molecule has 0 fully saturated rings. The lowest BCUT2D eigenvalue weighted by molar-refractivity contribution is -0.141. The number of amides is 1. The van der Waals surface area contributed by atoms with Gasteiger partial charge in [-0.3, -0.25) is 4.79 Å². The number of sulfonamides is 1. The van der Waals surface area contributed by atoms with E-state index in [2.05, 4.69) is 10.0 Å². The number of esters is 1. The molecule has 2 N–H and O–H groups in total. The SMILES string of the molecule is CCOC(=O)CNS(=O)(=O)C[C@@H](NC(=O)OCc1ccccc1)c1ccccc1. The summed E-state index contributed by atoms with van der Waals surface area (Å²) in [7, 11) is -3.88. The van der Waals surface area contributed by atoms with Gasteiger partial charge in [0.1, 0.15) is 13.2 Å². The van der Waals surface area contributed by atoms with E-state index < -0.39 is 40.4 Å². The molecule has 0 saturated carbocycles. The van der Waals surface area contributed by atoms with Crippen LogP contribution in [0.25, 0.3) is 0 Å². The Kier molecular flexibility index (Phi) is 8.63. The first-order chi connectivity index (χ1) is 13.9. The van der Waals surface area contributed by atoms with E-state index in [-0.39, 0.29) is 13.2 Å². The first-order valence-electron chi connectivity index (χ1n) is 9.04. The summed E-state index contributed by atoms with van der Waals surface area (Å²) in [5, 5.41) is 2.58. The maximum Gasteiger partial charge on any atom is 0.407 e. The monoisotopic (exact) mass is 420 g/mol. The van der Waals surface area contributed by atoms with Gasteiger partial charge in [0.05, 0.1) is 18.4 Å². The molecule has 0 saturated heterocycles. The minimum atomic E-state index is -3.88. The third-order valence-electron chi connectivity index (χ3n) is 3.83. The number of hydrogen-bond acceptors (Lipinski definition) is 6. The Balaban J connectivity index is 2.01. The van der Waals surface area contributed by atoms with Crippen LogP contribution in [0, 0.1) is 0 Å². The van der Waals surface area contributed by atoms with Crippen LogP contribution in [0.1, 0.15) is 24.1 Å². The van der Waals surface area contributed by atoms with Crippen molar-refractivity contribution in [1.29, 1.82) is 0 Å². The summed E-state index contributed by atoms with van der Waals surface area (Å²) in [6, 6.07) is 16.9. The van der Waals surface area contributed by atoms with Crippen molar-refractivity contribution >= 4 is 22.1 Å². The maximum atomic E-state index is 12.4. The Hall–Kier alpha value is -2.91. The van der Waals surface area contributed by atoms with Gasteiger partial charge in [0.2, 0.25) is 10.0 Å². The number of carbonyl (C=O) groups is 2. The fourth-order valence-electron chi connectivity index (χ4n) is 2.47. The fraction of sp³-hybridized carbons (Fsp3) is 0.300. The van der Waals surface area contributed by atoms with Crippen LogP contribution in [0.2, 0.25) is 0 Å². The van der Waals surface area contributed by atoms with Crippen molar-refractivity contribution < 1.29 is 27.5 Å². The highest BCUT2D eigenvalue weighted by Gasteiger charge is 2.24. The minimum absolute atomic E-state index is 0.0576. The zero-order valence-corrected chi connectivity index (χ0v) is 16.9. The molecule has 0 aliphatic carbocycles. The number of hydrogen-bond donors (Lipinski definition) is 2. The van der Waals surface area contributed by atoms with Gasteiger partial charge < -0.3 is 14.8 Å². The van der Waals surface area contributed by atoms with Crippen LogP contribution in [0.3, 0.4) is 0 Å². The largest absolute Gasteiger partial charge is 0.465 e. The summed E-state index contributed by atoms with van der Waals surface area (Å²) < 4.78 is 36.8. The van der Waals surface area contributed by atoms with Gasteiger partial charge in [0, 0.05) is 0 Å². The molecule has 0 aromatic heterocycles. The molecule has 0 unspecified atom stereocenters. The van der Waals surface area contributed by atoms with Gasteiger partial charge in [-0.05, 0) is 18.1 Å². The average Bonchev–Trinajstić information content (AvgIpc) is 2.72. The molecule has 156 valence electrons. The maximum absolute atomic E-state index is 12.4. The van der Waals surface area contributed by atoms with Crippen molar-refractivity contribution in [3.63, 3.8) is 0 Å². The van der Waals surface area contributed by atoms with Crippen LogP contribution in [-0.4, -0.2) is 39.4 Å². The molecule has 2 rings (SSSR count). The van der Waals surface area contributed by atoms with E-state index in [9.17, 15) is 18.0 Å². The number of benzene rings is 2. The Morgan fingerprint density at radius 2 is 1.59 bits per heavy atom. The lowest BCUT2D eigenvalue weighted by Gasteiger charge is -2.19. The molecule has 0 spiro atoms. The van der Waals surface area contributed by atoms with Crippen molar-refractivity contribution in [3.05, 3.63) is 71.8 Å². The molecule has 1 amide bonds. The molecule has 0 radical (unpaired) electrons. The number of rotatable bonds is 10. The number of ether oxygens (including phenoxy) is 2. The molecule has 9 heteroatoms. The molecule has 0 bridgehead atoms. The second kappa shape index (κ2) is 11.2. The molecule has 1 atom stereocenters. The highest BCUT2D eigenvalue weighted by molar-refractivity contribution is 7.89. The van der Waals surface area contributed by atoms with E-state index in [0.717, 1.165) is 5.56 Å². The van der Waals surface area contributed by atoms with Crippen LogP contribution in [0.4, 0.5) is 4.79 Å². The Morgan fingerprint density at radius 1 is 0.966 bits per heavy atom. The van der Waals surface area contributed by atoms with Crippen molar-refractivity contribution in [2.45, 2.75) is 19.6 Å². The summed E-state index contributed by atoms with van der Waals surface area (Å²) in [6.07, 6.45) is -0.747. The fourth-order valence-corrected chi connectivity index (χ4v) is 3.64. The lowest BCUT2D eigenvalue weighted by atomic mass is 10.1. The van der Waals surface area contributed by atoms with E-state index in [1.807, 2.05) is 30.3 Å². The molecule has 29 heavy (non-hydrogen) atoms. The van der Waals surface area contributed by atoms with Crippen LogP contribution in [0.15, 0.2) is 60.7 Å². The molecule has 8 nitrogen and oxygen atoms in total. The van der Waals surface area contributed by atoms with Crippen LogP contribution >= 0.6 is 0 Å². The van der Waals surface area contributed by atoms with Gasteiger partial charge in [0.15, 0.2) is 0 Å². The zero-order chi connectivity index (χ0) is 21.1. The van der Waals surface area contributed by atoms with Gasteiger partial charge in [-0.1, -0.05) is 60.7 Å². The summed E-state index contributed by atoms with van der Waals surface area (Å²) in [4.78, 5) is 23.6. The van der Waals surface area contributed by atoms with Crippen LogP contribution in [-0.2, 0) is 30.9 Å². The quantitative estimate of drug-likeness (QED) is 0.570. The van der Waals surface area contributed by atoms with Crippen LogP contribution in [0.5, 0.6) is 0 Å². The van der Waals surface area contributed by atoms with Gasteiger partial charge in [0.25, 0.3) is 0 Å². The molecule has 2 aromatic carbocycles. The van der Waals surface area contributed by atoms with Crippen molar-refractivity contribution in [1.82, 2.24) is 10.0 Å². The Labute approximate surface area is 170 Å². The summed E-state index contributed by atoms with van der Waals surface area (Å²) in [5.74, 6) is -1.14. The summed E-state index contributed by atoms with van der Waals surface area (Å²) in [6.45, 7) is 1.36. The standard InChI is InChI=1S/C20H24N2O6S/c1-2-27-19(23)13-21-29(25,26)15-18(17-11-7-4-8-12-17)22-20(24)28-14-16-9-5-3-6-10-16/h3-12,18,21H,2,13-15H2,1H3,(H,22,24)/t18-/m1/s1. The summed E-state index contributed by atoms with van der Waals surface area (Å²) in [5.41, 5.74) is 1.40. The van der Waals surface area contributed by atoms with Crippen molar-refractivity contribution in [2.75, 3.05) is 18.9 Å². The van der Waals surface area contributed by atoms with E-state index in [0.29, 0.717) is 5.56 Å². The predicted octanol–water partition coefficient (Wildman–Crippen LogP) is 2.14.